The molecular formula is C15H16ClN3O4S. The van der Waals surface area contributed by atoms with Gasteiger partial charge in [-0.2, -0.15) is 0 Å². The molecule has 1 aromatic carbocycles. The number of nitrogens with one attached hydrogen (secondary N) is 1. The minimum atomic E-state index is -4.09. The fourth-order valence-corrected chi connectivity index (χ4v) is 2.83. The Balaban J connectivity index is 2.60. The van der Waals surface area contributed by atoms with Crippen molar-refractivity contribution in [3.63, 3.8) is 0 Å². The van der Waals surface area contributed by atoms with Crippen molar-refractivity contribution < 1.29 is 17.9 Å². The Labute approximate surface area is 144 Å². The van der Waals surface area contributed by atoms with Crippen LogP contribution in [-0.4, -0.2) is 26.0 Å². The van der Waals surface area contributed by atoms with Gasteiger partial charge in [0.2, 0.25) is 0 Å². The third-order valence-electron chi connectivity index (χ3n) is 3.02. The van der Waals surface area contributed by atoms with E-state index in [1.807, 2.05) is 25.1 Å². The van der Waals surface area contributed by atoms with Crippen molar-refractivity contribution >= 4 is 39.0 Å². The number of esters is 1. The zero-order valence-electron chi connectivity index (χ0n) is 13.0. The number of hydrogen-bond acceptors (Lipinski definition) is 6. The lowest BCUT2D eigenvalue weighted by atomic mass is 10.2. The van der Waals surface area contributed by atoms with E-state index in [1.54, 1.807) is 13.0 Å². The van der Waals surface area contributed by atoms with E-state index in [1.165, 1.54) is 0 Å². The van der Waals surface area contributed by atoms with Crippen LogP contribution >= 0.6 is 11.6 Å². The number of halogens is 1. The number of sulfonamides is 1. The molecule has 0 saturated heterocycles. The summed E-state index contributed by atoms with van der Waals surface area (Å²) in [6, 6.07) is 8.43. The van der Waals surface area contributed by atoms with Crippen molar-refractivity contribution in [1.29, 1.82) is 0 Å². The number of nitrogens with two attached hydrogens (primary N) is 1. The molecule has 128 valence electrons. The first kappa shape index (κ1) is 18.2. The number of carbonyl (C=O) groups is 1. The number of ether oxygens (including phenoxy) is 1. The zero-order valence-corrected chi connectivity index (χ0v) is 14.6. The van der Waals surface area contributed by atoms with Crippen LogP contribution in [0.25, 0.3) is 0 Å². The number of primary sulfonamides is 1. The maximum Gasteiger partial charge on any atom is 0.343 e. The van der Waals surface area contributed by atoms with Gasteiger partial charge >= 0.3 is 5.97 Å². The van der Waals surface area contributed by atoms with Gasteiger partial charge in [-0.15, -0.1) is 0 Å². The van der Waals surface area contributed by atoms with Gasteiger partial charge in [0.1, 0.15) is 10.7 Å². The number of nitrogens with zero attached hydrogens (tertiary/aromatic N) is 1. The third kappa shape index (κ3) is 4.22. The molecule has 3 N–H and O–H groups in total. The molecule has 24 heavy (non-hydrogen) atoms. The van der Waals surface area contributed by atoms with Crippen molar-refractivity contribution in [2.75, 3.05) is 11.9 Å². The zero-order chi connectivity index (χ0) is 17.9. The monoisotopic (exact) mass is 369 g/mol. The predicted molar refractivity (Wildman–Crippen MR) is 91.0 cm³/mol. The molecule has 0 spiro atoms. The average molecular weight is 370 g/mol. The van der Waals surface area contributed by atoms with Crippen molar-refractivity contribution in [2.45, 2.75) is 18.9 Å². The second-order valence-electron chi connectivity index (χ2n) is 4.93. The van der Waals surface area contributed by atoms with Crippen molar-refractivity contribution in [3.05, 3.63) is 46.6 Å². The lowest BCUT2D eigenvalue weighted by Gasteiger charge is -2.14. The summed E-state index contributed by atoms with van der Waals surface area (Å²) in [7, 11) is -4.09. The summed E-state index contributed by atoms with van der Waals surface area (Å²) < 4.78 is 28.1. The number of carbonyl (C=O) groups excluding carboxylic acids is 1. The maximum atomic E-state index is 12.1. The molecule has 7 nitrogen and oxygen atoms in total. The molecule has 0 fully saturated rings. The van der Waals surface area contributed by atoms with Crippen molar-refractivity contribution in [2.24, 2.45) is 5.14 Å². The van der Waals surface area contributed by atoms with Crippen LogP contribution in [0.1, 0.15) is 22.8 Å². The van der Waals surface area contributed by atoms with Gasteiger partial charge in [0.25, 0.3) is 10.0 Å². The molecule has 1 heterocycles. The van der Waals surface area contributed by atoms with Crippen LogP contribution in [0.15, 0.2) is 35.4 Å². The van der Waals surface area contributed by atoms with Crippen LogP contribution in [0.3, 0.4) is 0 Å². The second kappa shape index (κ2) is 7.16. The van der Waals surface area contributed by atoms with Gasteiger partial charge in [-0.1, -0.05) is 23.7 Å². The Morgan fingerprint density at radius 3 is 2.67 bits per heavy atom. The number of aromatic nitrogens is 1. The van der Waals surface area contributed by atoms with Gasteiger partial charge in [-0.3, -0.25) is 0 Å². The summed E-state index contributed by atoms with van der Waals surface area (Å²) in [4.78, 5) is 15.8. The standard InChI is InChI=1S/C15H16ClN3O4S/c1-3-23-15(20)13-11(18-10-6-4-5-9(2)7-10)8-12(19-14(13)16)24(17,21)22/h4-8H,3H2,1-2H3,(H,18,19)(H2,17,21,22). The summed E-state index contributed by atoms with van der Waals surface area (Å²) in [6.45, 7) is 3.67. The van der Waals surface area contributed by atoms with Crippen LogP contribution in [0.2, 0.25) is 5.15 Å². The third-order valence-corrected chi connectivity index (χ3v) is 4.09. The number of benzene rings is 1. The van der Waals surface area contributed by atoms with Gasteiger partial charge in [-0.25, -0.2) is 23.3 Å². The molecule has 0 aliphatic rings. The maximum absolute atomic E-state index is 12.1. The normalized spacial score (nSPS) is 11.2. The smallest absolute Gasteiger partial charge is 0.343 e. The van der Waals surface area contributed by atoms with Crippen LogP contribution in [-0.2, 0) is 14.8 Å². The largest absolute Gasteiger partial charge is 0.462 e. The van der Waals surface area contributed by atoms with E-state index in [-0.39, 0.29) is 23.0 Å². The highest BCUT2D eigenvalue weighted by atomic mass is 35.5. The minimum absolute atomic E-state index is 0.0626. The lowest BCUT2D eigenvalue weighted by Crippen LogP contribution is -2.17. The summed E-state index contributed by atoms with van der Waals surface area (Å²) >= 11 is 6.00. The number of hydrogen-bond donors (Lipinski definition) is 2. The first-order valence-electron chi connectivity index (χ1n) is 6.96. The molecule has 0 amide bonds. The summed E-state index contributed by atoms with van der Waals surface area (Å²) in [6.07, 6.45) is 0. The number of aryl methyl sites for hydroxylation is 1. The van der Waals surface area contributed by atoms with E-state index in [2.05, 4.69) is 10.3 Å². The molecule has 0 saturated carbocycles. The molecule has 0 unspecified atom stereocenters. The molecule has 0 bridgehead atoms. The number of rotatable bonds is 5. The summed E-state index contributed by atoms with van der Waals surface area (Å²) in [5.41, 5.74) is 1.70. The SMILES string of the molecule is CCOC(=O)c1c(Nc2cccc(C)c2)cc(S(N)(=O)=O)nc1Cl. The van der Waals surface area contributed by atoms with Crippen LogP contribution in [0.5, 0.6) is 0 Å². The Hall–Kier alpha value is -2.16. The van der Waals surface area contributed by atoms with E-state index < -0.39 is 21.0 Å². The second-order valence-corrected chi connectivity index (χ2v) is 6.80. The molecule has 0 aliphatic heterocycles. The highest BCUT2D eigenvalue weighted by Gasteiger charge is 2.23. The van der Waals surface area contributed by atoms with Crippen molar-refractivity contribution in [1.82, 2.24) is 4.98 Å². The van der Waals surface area contributed by atoms with Gasteiger partial charge < -0.3 is 10.1 Å². The quantitative estimate of drug-likeness (QED) is 0.619. The van der Waals surface area contributed by atoms with E-state index >= 15 is 0 Å². The molecule has 0 atom stereocenters. The molecule has 0 radical (unpaired) electrons. The van der Waals surface area contributed by atoms with E-state index in [0.717, 1.165) is 11.6 Å². The number of pyridine rings is 1. The molecule has 0 aliphatic carbocycles. The molecule has 2 rings (SSSR count). The van der Waals surface area contributed by atoms with Gasteiger partial charge in [0.05, 0.1) is 12.3 Å². The first-order valence-corrected chi connectivity index (χ1v) is 8.89. The molecule has 1 aromatic heterocycles. The fraction of sp³-hybridized carbons (Fsp3) is 0.200. The summed E-state index contributed by atoms with van der Waals surface area (Å²) in [5.74, 6) is -0.717. The Morgan fingerprint density at radius 2 is 2.08 bits per heavy atom. The lowest BCUT2D eigenvalue weighted by molar-refractivity contribution is 0.0527. The predicted octanol–water partition coefficient (Wildman–Crippen LogP) is 2.61. The van der Waals surface area contributed by atoms with Crippen LogP contribution in [0.4, 0.5) is 11.4 Å². The molecular weight excluding hydrogens is 354 g/mol. The van der Waals surface area contributed by atoms with Crippen molar-refractivity contribution in [3.8, 4) is 0 Å². The molecule has 2 aromatic rings. The van der Waals surface area contributed by atoms with Crippen LogP contribution < -0.4 is 10.5 Å². The topological polar surface area (TPSA) is 111 Å². The average Bonchev–Trinajstić information content (AvgIpc) is 2.46. The molecule has 9 heteroatoms. The van der Waals surface area contributed by atoms with E-state index in [4.69, 9.17) is 21.5 Å². The minimum Gasteiger partial charge on any atom is -0.462 e. The Morgan fingerprint density at radius 1 is 1.38 bits per heavy atom. The van der Waals surface area contributed by atoms with Gasteiger partial charge in [0.15, 0.2) is 5.03 Å². The number of anilines is 2. The van der Waals surface area contributed by atoms with Gasteiger partial charge in [-0.05, 0) is 31.5 Å². The fourth-order valence-electron chi connectivity index (χ4n) is 2.01. The Kier molecular flexibility index (Phi) is 5.43. The van der Waals surface area contributed by atoms with Crippen LogP contribution in [0, 0.1) is 6.92 Å². The Bertz CT molecular complexity index is 884. The first-order chi connectivity index (χ1) is 11.2. The van der Waals surface area contributed by atoms with E-state index in [9.17, 15) is 13.2 Å². The highest BCUT2D eigenvalue weighted by Crippen LogP contribution is 2.29. The summed E-state index contributed by atoms with van der Waals surface area (Å²) in [5, 5.41) is 7.31. The van der Waals surface area contributed by atoms with Gasteiger partial charge in [0, 0.05) is 11.8 Å². The highest BCUT2D eigenvalue weighted by molar-refractivity contribution is 7.89. The van der Waals surface area contributed by atoms with E-state index in [0.29, 0.717) is 5.69 Å².